The first-order chi connectivity index (χ1) is 5.90. The van der Waals surface area contributed by atoms with E-state index in [1.165, 1.54) is 31.6 Å². The Morgan fingerprint density at radius 2 is 2.42 bits per heavy atom. The molecule has 2 nitrogen and oxygen atoms in total. The zero-order valence-electron chi connectivity index (χ0n) is 7.66. The summed E-state index contributed by atoms with van der Waals surface area (Å²) in [6, 6.07) is 0. The molecule has 1 fully saturated rings. The van der Waals surface area contributed by atoms with Crippen molar-refractivity contribution in [1.82, 2.24) is 9.55 Å². The molecule has 1 aromatic rings. The second kappa shape index (κ2) is 3.30. The van der Waals surface area contributed by atoms with Gasteiger partial charge in [0.25, 0.3) is 0 Å². The van der Waals surface area contributed by atoms with E-state index in [2.05, 4.69) is 22.7 Å². The monoisotopic (exact) mass is 164 g/mol. The lowest BCUT2D eigenvalue weighted by atomic mass is 9.85. The van der Waals surface area contributed by atoms with Gasteiger partial charge in [-0.15, -0.1) is 0 Å². The van der Waals surface area contributed by atoms with E-state index < -0.39 is 0 Å². The van der Waals surface area contributed by atoms with Crippen LogP contribution in [0.5, 0.6) is 0 Å². The second-order valence-corrected chi connectivity index (χ2v) is 3.65. The highest BCUT2D eigenvalue weighted by molar-refractivity contribution is 4.92. The largest absolute Gasteiger partial charge is 0.335 e. The zero-order chi connectivity index (χ0) is 8.39. The Labute approximate surface area is 73.6 Å². The molecule has 1 aliphatic rings. The maximum atomic E-state index is 4.31. The minimum Gasteiger partial charge on any atom is -0.335 e. The Bertz CT molecular complexity index is 248. The first-order valence-electron chi connectivity index (χ1n) is 4.90. The van der Waals surface area contributed by atoms with Crippen molar-refractivity contribution in [2.24, 2.45) is 5.92 Å². The number of imidazole rings is 1. The summed E-state index contributed by atoms with van der Waals surface area (Å²) < 4.78 is 2.31. The third-order valence-corrected chi connectivity index (χ3v) is 2.80. The molecule has 0 saturated heterocycles. The lowest BCUT2D eigenvalue weighted by Crippen LogP contribution is -2.18. The minimum absolute atomic E-state index is 0.935. The molecule has 0 N–H and O–H groups in total. The average Bonchev–Trinajstić information content (AvgIpc) is 2.43. The van der Waals surface area contributed by atoms with Crippen LogP contribution in [-0.2, 0) is 13.0 Å². The quantitative estimate of drug-likeness (QED) is 0.670. The topological polar surface area (TPSA) is 17.8 Å². The van der Waals surface area contributed by atoms with E-state index in [4.69, 9.17) is 0 Å². The van der Waals surface area contributed by atoms with Gasteiger partial charge in [0.2, 0.25) is 0 Å². The molecule has 0 amide bonds. The molecule has 0 atom stereocenters. The van der Waals surface area contributed by atoms with E-state index in [1.54, 1.807) is 0 Å². The molecule has 0 aliphatic heterocycles. The molecule has 0 aromatic carbocycles. The van der Waals surface area contributed by atoms with Gasteiger partial charge in [-0.25, -0.2) is 4.98 Å². The Hall–Kier alpha value is -0.790. The first kappa shape index (κ1) is 7.84. The lowest BCUT2D eigenvalue weighted by Gasteiger charge is -2.26. The van der Waals surface area contributed by atoms with Crippen LogP contribution in [0, 0.1) is 5.92 Å². The molecule has 0 bridgehead atoms. The van der Waals surface area contributed by atoms with Crippen LogP contribution >= 0.6 is 0 Å². The summed E-state index contributed by atoms with van der Waals surface area (Å²) >= 11 is 0. The highest BCUT2D eigenvalue weighted by Gasteiger charge is 2.18. The standard InChI is InChI=1S/C10H16N2/c1-2-10-11-6-7-12(10)8-9-4-3-5-9/h6-7,9H,2-5,8H2,1H3. The van der Waals surface area contributed by atoms with Crippen molar-refractivity contribution in [2.45, 2.75) is 39.2 Å². The molecule has 2 heteroatoms. The highest BCUT2D eigenvalue weighted by Crippen LogP contribution is 2.28. The van der Waals surface area contributed by atoms with Crippen LogP contribution in [0.25, 0.3) is 0 Å². The Morgan fingerprint density at radius 3 is 3.00 bits per heavy atom. The van der Waals surface area contributed by atoms with Crippen LogP contribution in [0.3, 0.4) is 0 Å². The minimum atomic E-state index is 0.935. The number of nitrogens with zero attached hydrogens (tertiary/aromatic N) is 2. The third kappa shape index (κ3) is 1.38. The Balaban J connectivity index is 2.00. The van der Waals surface area contributed by atoms with Gasteiger partial charge in [0.1, 0.15) is 5.82 Å². The van der Waals surface area contributed by atoms with Gasteiger partial charge in [0, 0.05) is 25.4 Å². The van der Waals surface area contributed by atoms with E-state index in [0.29, 0.717) is 0 Å². The fourth-order valence-electron chi connectivity index (χ4n) is 1.77. The smallest absolute Gasteiger partial charge is 0.108 e. The number of hydrogen-bond acceptors (Lipinski definition) is 1. The molecule has 2 rings (SSSR count). The summed E-state index contributed by atoms with van der Waals surface area (Å²) in [5, 5.41) is 0. The molecule has 0 unspecified atom stereocenters. The molecule has 12 heavy (non-hydrogen) atoms. The lowest BCUT2D eigenvalue weighted by molar-refractivity contribution is 0.274. The Kier molecular flexibility index (Phi) is 2.15. The highest BCUT2D eigenvalue weighted by atomic mass is 15.1. The molecule has 0 spiro atoms. The van der Waals surface area contributed by atoms with Gasteiger partial charge in [0.05, 0.1) is 0 Å². The van der Waals surface area contributed by atoms with Crippen LogP contribution in [0.2, 0.25) is 0 Å². The first-order valence-corrected chi connectivity index (χ1v) is 4.90. The summed E-state index contributed by atoms with van der Waals surface area (Å²) in [6.45, 7) is 3.36. The van der Waals surface area contributed by atoms with E-state index in [9.17, 15) is 0 Å². The summed E-state index contributed by atoms with van der Waals surface area (Å²) in [5.41, 5.74) is 0. The predicted molar refractivity (Wildman–Crippen MR) is 48.9 cm³/mol. The summed E-state index contributed by atoms with van der Waals surface area (Å²) in [5.74, 6) is 2.17. The fraction of sp³-hybridized carbons (Fsp3) is 0.700. The van der Waals surface area contributed by atoms with Crippen LogP contribution in [0.4, 0.5) is 0 Å². The van der Waals surface area contributed by atoms with Gasteiger partial charge in [-0.3, -0.25) is 0 Å². The van der Waals surface area contributed by atoms with E-state index in [1.807, 2.05) is 6.20 Å². The van der Waals surface area contributed by atoms with E-state index >= 15 is 0 Å². The summed E-state index contributed by atoms with van der Waals surface area (Å²) in [4.78, 5) is 4.31. The maximum Gasteiger partial charge on any atom is 0.108 e. The van der Waals surface area contributed by atoms with Crippen LogP contribution in [0.1, 0.15) is 32.0 Å². The molecule has 1 aliphatic carbocycles. The van der Waals surface area contributed by atoms with E-state index in [0.717, 1.165) is 12.3 Å². The fourth-order valence-corrected chi connectivity index (χ4v) is 1.77. The zero-order valence-corrected chi connectivity index (χ0v) is 7.66. The van der Waals surface area contributed by atoms with Crippen LogP contribution < -0.4 is 0 Å². The average molecular weight is 164 g/mol. The van der Waals surface area contributed by atoms with Crippen molar-refractivity contribution >= 4 is 0 Å². The summed E-state index contributed by atoms with van der Waals surface area (Å²) in [7, 11) is 0. The van der Waals surface area contributed by atoms with Gasteiger partial charge in [-0.2, -0.15) is 0 Å². The van der Waals surface area contributed by atoms with Crippen LogP contribution in [-0.4, -0.2) is 9.55 Å². The van der Waals surface area contributed by atoms with E-state index in [-0.39, 0.29) is 0 Å². The Morgan fingerprint density at radius 1 is 1.58 bits per heavy atom. The van der Waals surface area contributed by atoms with Crippen molar-refractivity contribution in [3.63, 3.8) is 0 Å². The number of aryl methyl sites for hydroxylation is 1. The second-order valence-electron chi connectivity index (χ2n) is 3.65. The van der Waals surface area contributed by atoms with Gasteiger partial charge >= 0.3 is 0 Å². The molecule has 66 valence electrons. The molecule has 0 radical (unpaired) electrons. The molecular weight excluding hydrogens is 148 g/mol. The predicted octanol–water partition coefficient (Wildman–Crippen LogP) is 2.25. The maximum absolute atomic E-state index is 4.31. The third-order valence-electron chi connectivity index (χ3n) is 2.80. The normalized spacial score (nSPS) is 17.8. The van der Waals surface area contributed by atoms with Gasteiger partial charge < -0.3 is 4.57 Å². The van der Waals surface area contributed by atoms with Crippen molar-refractivity contribution in [3.8, 4) is 0 Å². The van der Waals surface area contributed by atoms with Gasteiger partial charge in [-0.05, 0) is 18.8 Å². The molecule has 1 heterocycles. The molecule has 1 aromatic heterocycles. The molecular formula is C10H16N2. The summed E-state index contributed by atoms with van der Waals surface area (Å²) in [6.07, 6.45) is 9.35. The van der Waals surface area contributed by atoms with Crippen molar-refractivity contribution in [3.05, 3.63) is 18.2 Å². The molecule has 1 saturated carbocycles. The van der Waals surface area contributed by atoms with Crippen LogP contribution in [0.15, 0.2) is 12.4 Å². The van der Waals surface area contributed by atoms with Crippen molar-refractivity contribution in [2.75, 3.05) is 0 Å². The van der Waals surface area contributed by atoms with Gasteiger partial charge in [0.15, 0.2) is 0 Å². The SMILES string of the molecule is CCc1nccn1CC1CCC1. The van der Waals surface area contributed by atoms with Gasteiger partial charge in [-0.1, -0.05) is 13.3 Å². The number of aromatic nitrogens is 2. The number of rotatable bonds is 3. The van der Waals surface area contributed by atoms with Crippen molar-refractivity contribution in [1.29, 1.82) is 0 Å². The number of hydrogen-bond donors (Lipinski definition) is 0. The van der Waals surface area contributed by atoms with Crippen molar-refractivity contribution < 1.29 is 0 Å².